The van der Waals surface area contributed by atoms with Crippen molar-refractivity contribution in [2.75, 3.05) is 6.54 Å². The SMILES string of the molecule is CCc1cccc(C2CCC2CN)c1. The quantitative estimate of drug-likeness (QED) is 0.777. The lowest BCUT2D eigenvalue weighted by Crippen LogP contribution is -2.30. The zero-order chi connectivity index (χ0) is 9.97. The van der Waals surface area contributed by atoms with Crippen molar-refractivity contribution in [2.24, 2.45) is 11.7 Å². The first-order valence-electron chi connectivity index (χ1n) is 5.64. The summed E-state index contributed by atoms with van der Waals surface area (Å²) < 4.78 is 0. The van der Waals surface area contributed by atoms with E-state index in [1.807, 2.05) is 0 Å². The Morgan fingerprint density at radius 3 is 2.79 bits per heavy atom. The van der Waals surface area contributed by atoms with Crippen molar-refractivity contribution in [2.45, 2.75) is 32.1 Å². The first kappa shape index (κ1) is 9.72. The molecule has 0 spiro atoms. The van der Waals surface area contributed by atoms with Gasteiger partial charge in [-0.25, -0.2) is 0 Å². The molecule has 0 aliphatic heterocycles. The monoisotopic (exact) mass is 189 g/mol. The zero-order valence-electron chi connectivity index (χ0n) is 8.87. The van der Waals surface area contributed by atoms with Crippen LogP contribution in [0.1, 0.15) is 36.8 Å². The summed E-state index contributed by atoms with van der Waals surface area (Å²) >= 11 is 0. The molecule has 0 radical (unpaired) electrons. The highest BCUT2D eigenvalue weighted by Crippen LogP contribution is 2.41. The molecule has 14 heavy (non-hydrogen) atoms. The van der Waals surface area contributed by atoms with E-state index in [1.165, 1.54) is 24.0 Å². The van der Waals surface area contributed by atoms with Crippen LogP contribution in [0.15, 0.2) is 24.3 Å². The molecule has 0 aromatic heterocycles. The number of aryl methyl sites for hydroxylation is 1. The van der Waals surface area contributed by atoms with Crippen LogP contribution in [-0.2, 0) is 6.42 Å². The molecule has 1 aromatic rings. The Bertz CT molecular complexity index is 304. The van der Waals surface area contributed by atoms with Gasteiger partial charge in [0.1, 0.15) is 0 Å². The molecule has 0 heterocycles. The molecular formula is C13H19N. The van der Waals surface area contributed by atoms with E-state index < -0.39 is 0 Å². The van der Waals surface area contributed by atoms with Gasteiger partial charge in [0, 0.05) is 0 Å². The number of benzene rings is 1. The highest BCUT2D eigenvalue weighted by molar-refractivity contribution is 5.28. The Labute approximate surface area is 86.3 Å². The summed E-state index contributed by atoms with van der Waals surface area (Å²) in [5, 5.41) is 0. The zero-order valence-corrected chi connectivity index (χ0v) is 8.87. The van der Waals surface area contributed by atoms with Gasteiger partial charge in [-0.3, -0.25) is 0 Å². The third-order valence-electron chi connectivity index (χ3n) is 3.51. The van der Waals surface area contributed by atoms with Gasteiger partial charge in [0.05, 0.1) is 0 Å². The van der Waals surface area contributed by atoms with Gasteiger partial charge in [0.25, 0.3) is 0 Å². The first-order valence-corrected chi connectivity index (χ1v) is 5.64. The van der Waals surface area contributed by atoms with Crippen LogP contribution in [0.4, 0.5) is 0 Å². The van der Waals surface area contributed by atoms with Crippen LogP contribution in [-0.4, -0.2) is 6.54 Å². The predicted molar refractivity (Wildman–Crippen MR) is 60.3 cm³/mol. The van der Waals surface area contributed by atoms with Crippen LogP contribution in [0.5, 0.6) is 0 Å². The number of rotatable bonds is 3. The van der Waals surface area contributed by atoms with Crippen LogP contribution in [0.2, 0.25) is 0 Å². The summed E-state index contributed by atoms with van der Waals surface area (Å²) in [6.45, 7) is 3.06. The van der Waals surface area contributed by atoms with E-state index in [4.69, 9.17) is 5.73 Å². The molecule has 76 valence electrons. The minimum absolute atomic E-state index is 0.738. The van der Waals surface area contributed by atoms with Crippen LogP contribution < -0.4 is 5.73 Å². The fraction of sp³-hybridized carbons (Fsp3) is 0.538. The van der Waals surface area contributed by atoms with Crippen molar-refractivity contribution in [1.82, 2.24) is 0 Å². The van der Waals surface area contributed by atoms with E-state index in [1.54, 1.807) is 0 Å². The Hall–Kier alpha value is -0.820. The van der Waals surface area contributed by atoms with E-state index in [0.29, 0.717) is 0 Å². The summed E-state index contributed by atoms with van der Waals surface area (Å²) in [7, 11) is 0. The van der Waals surface area contributed by atoms with Crippen molar-refractivity contribution < 1.29 is 0 Å². The summed E-state index contributed by atoms with van der Waals surface area (Å²) in [5.41, 5.74) is 8.69. The van der Waals surface area contributed by atoms with Gasteiger partial charge in [-0.1, -0.05) is 31.2 Å². The Kier molecular flexibility index (Phi) is 2.87. The van der Waals surface area contributed by atoms with Gasteiger partial charge in [0.2, 0.25) is 0 Å². The molecule has 0 bridgehead atoms. The van der Waals surface area contributed by atoms with Crippen molar-refractivity contribution in [3.05, 3.63) is 35.4 Å². The second-order valence-electron chi connectivity index (χ2n) is 4.28. The summed E-state index contributed by atoms with van der Waals surface area (Å²) in [6, 6.07) is 9.00. The first-order chi connectivity index (χ1) is 6.85. The Morgan fingerprint density at radius 1 is 1.36 bits per heavy atom. The molecular weight excluding hydrogens is 170 g/mol. The molecule has 2 atom stereocenters. The third kappa shape index (κ3) is 1.69. The van der Waals surface area contributed by atoms with Gasteiger partial charge in [-0.15, -0.1) is 0 Å². The molecule has 1 saturated carbocycles. The van der Waals surface area contributed by atoms with E-state index in [0.717, 1.165) is 24.8 Å². The highest BCUT2D eigenvalue weighted by Gasteiger charge is 2.30. The maximum absolute atomic E-state index is 5.73. The molecule has 1 aliphatic carbocycles. The maximum Gasteiger partial charge on any atom is -0.00430 e. The minimum Gasteiger partial charge on any atom is -0.330 e. The average molecular weight is 189 g/mol. The molecule has 1 aliphatic rings. The van der Waals surface area contributed by atoms with E-state index >= 15 is 0 Å². The smallest absolute Gasteiger partial charge is 0.00430 e. The second-order valence-corrected chi connectivity index (χ2v) is 4.28. The Morgan fingerprint density at radius 2 is 2.21 bits per heavy atom. The van der Waals surface area contributed by atoms with Crippen LogP contribution in [0, 0.1) is 5.92 Å². The lowest BCUT2D eigenvalue weighted by Gasteiger charge is -2.36. The van der Waals surface area contributed by atoms with Crippen molar-refractivity contribution in [1.29, 1.82) is 0 Å². The number of nitrogens with two attached hydrogens (primary N) is 1. The largest absolute Gasteiger partial charge is 0.330 e. The van der Waals surface area contributed by atoms with E-state index in [-0.39, 0.29) is 0 Å². The fourth-order valence-corrected chi connectivity index (χ4v) is 2.33. The van der Waals surface area contributed by atoms with Gasteiger partial charge in [-0.2, -0.15) is 0 Å². The normalized spacial score (nSPS) is 25.9. The molecule has 2 unspecified atom stereocenters. The van der Waals surface area contributed by atoms with Crippen molar-refractivity contribution in [3.8, 4) is 0 Å². The lowest BCUT2D eigenvalue weighted by atomic mass is 9.70. The van der Waals surface area contributed by atoms with E-state index in [2.05, 4.69) is 31.2 Å². The molecule has 1 fully saturated rings. The summed E-state index contributed by atoms with van der Waals surface area (Å²) in [6.07, 6.45) is 3.78. The average Bonchev–Trinajstić information content (AvgIpc) is 2.17. The van der Waals surface area contributed by atoms with Gasteiger partial charge in [0.15, 0.2) is 0 Å². The van der Waals surface area contributed by atoms with Crippen LogP contribution in [0.3, 0.4) is 0 Å². The third-order valence-corrected chi connectivity index (χ3v) is 3.51. The van der Waals surface area contributed by atoms with Gasteiger partial charge < -0.3 is 5.73 Å². The lowest BCUT2D eigenvalue weighted by molar-refractivity contribution is 0.263. The molecule has 0 saturated heterocycles. The standard InChI is InChI=1S/C13H19N/c1-2-10-4-3-5-11(8-10)13-7-6-12(13)9-14/h3-5,8,12-13H,2,6-7,9,14H2,1H3. The summed E-state index contributed by atoms with van der Waals surface area (Å²) in [5.74, 6) is 1.48. The van der Waals surface area contributed by atoms with Gasteiger partial charge >= 0.3 is 0 Å². The van der Waals surface area contributed by atoms with Crippen LogP contribution in [0.25, 0.3) is 0 Å². The molecule has 1 nitrogen and oxygen atoms in total. The topological polar surface area (TPSA) is 26.0 Å². The molecule has 1 heteroatoms. The maximum atomic E-state index is 5.73. The number of hydrogen-bond donors (Lipinski definition) is 1. The molecule has 0 amide bonds. The summed E-state index contributed by atoms with van der Waals surface area (Å²) in [4.78, 5) is 0. The minimum atomic E-state index is 0.738. The van der Waals surface area contributed by atoms with E-state index in [9.17, 15) is 0 Å². The Balaban J connectivity index is 2.15. The fourth-order valence-electron chi connectivity index (χ4n) is 2.33. The molecule has 2 rings (SSSR count). The highest BCUT2D eigenvalue weighted by atomic mass is 14.6. The molecule has 2 N–H and O–H groups in total. The second kappa shape index (κ2) is 4.14. The predicted octanol–water partition coefficient (Wildman–Crippen LogP) is 2.70. The van der Waals surface area contributed by atoms with Gasteiger partial charge in [-0.05, 0) is 48.8 Å². The van der Waals surface area contributed by atoms with Crippen molar-refractivity contribution >= 4 is 0 Å². The number of hydrogen-bond acceptors (Lipinski definition) is 1. The van der Waals surface area contributed by atoms with Crippen LogP contribution >= 0.6 is 0 Å². The molecule has 1 aromatic carbocycles. The van der Waals surface area contributed by atoms with Crippen molar-refractivity contribution in [3.63, 3.8) is 0 Å².